The van der Waals surface area contributed by atoms with Gasteiger partial charge in [-0.25, -0.2) is 0 Å². The van der Waals surface area contributed by atoms with E-state index in [1.807, 2.05) is 0 Å². The molecule has 0 spiro atoms. The quantitative estimate of drug-likeness (QED) is 0.887. The maximum absolute atomic E-state index is 3.72. The zero-order chi connectivity index (χ0) is 13.8. The largest absolute Gasteiger partial charge is 0.382 e. The number of likely N-dealkylation sites (tertiary alicyclic amines) is 1. The Labute approximate surface area is 123 Å². The van der Waals surface area contributed by atoms with E-state index in [1.54, 1.807) is 0 Å². The van der Waals surface area contributed by atoms with Gasteiger partial charge >= 0.3 is 0 Å². The van der Waals surface area contributed by atoms with Crippen molar-refractivity contribution in [1.29, 1.82) is 0 Å². The Morgan fingerprint density at radius 1 is 1.00 bits per heavy atom. The Morgan fingerprint density at radius 3 is 2.45 bits per heavy atom. The Hall–Kier alpha value is -1.02. The van der Waals surface area contributed by atoms with Gasteiger partial charge in [0.15, 0.2) is 0 Å². The second-order valence-electron chi connectivity index (χ2n) is 6.62. The zero-order valence-electron chi connectivity index (χ0n) is 12.8. The van der Waals surface area contributed by atoms with E-state index in [1.165, 1.54) is 69.3 Å². The maximum Gasteiger partial charge on any atom is 0.0344 e. The van der Waals surface area contributed by atoms with E-state index in [2.05, 4.69) is 41.4 Å². The van der Waals surface area contributed by atoms with Crippen molar-refractivity contribution < 1.29 is 0 Å². The standard InChI is InChI=1S/C18H28N2/c1-15-6-5-7-17(14-15)19-16-10-12-20(13-11-16)18-8-3-2-4-9-18/h5-7,14,16,18-19H,2-4,8-13H2,1H3. The van der Waals surface area contributed by atoms with E-state index in [9.17, 15) is 0 Å². The number of hydrogen-bond acceptors (Lipinski definition) is 2. The van der Waals surface area contributed by atoms with Gasteiger partial charge < -0.3 is 10.2 Å². The van der Waals surface area contributed by atoms with Crippen LogP contribution >= 0.6 is 0 Å². The van der Waals surface area contributed by atoms with Gasteiger partial charge in [0.05, 0.1) is 0 Å². The van der Waals surface area contributed by atoms with E-state index in [4.69, 9.17) is 0 Å². The lowest BCUT2D eigenvalue weighted by atomic mass is 9.92. The molecule has 1 heterocycles. The molecule has 20 heavy (non-hydrogen) atoms. The van der Waals surface area contributed by atoms with Gasteiger partial charge in [0, 0.05) is 30.9 Å². The number of anilines is 1. The topological polar surface area (TPSA) is 15.3 Å². The van der Waals surface area contributed by atoms with Crippen molar-refractivity contribution in [2.24, 2.45) is 0 Å². The molecule has 0 atom stereocenters. The minimum atomic E-state index is 0.664. The van der Waals surface area contributed by atoms with Crippen LogP contribution in [0.2, 0.25) is 0 Å². The van der Waals surface area contributed by atoms with Crippen LogP contribution in [0.1, 0.15) is 50.5 Å². The highest BCUT2D eigenvalue weighted by atomic mass is 15.2. The Morgan fingerprint density at radius 2 is 1.75 bits per heavy atom. The predicted molar refractivity (Wildman–Crippen MR) is 86.3 cm³/mol. The first-order chi connectivity index (χ1) is 9.81. The van der Waals surface area contributed by atoms with Crippen LogP contribution < -0.4 is 5.32 Å². The minimum absolute atomic E-state index is 0.664. The Balaban J connectivity index is 1.48. The van der Waals surface area contributed by atoms with Crippen LogP contribution in [0.25, 0.3) is 0 Å². The van der Waals surface area contributed by atoms with Crippen LogP contribution in [0.5, 0.6) is 0 Å². The number of nitrogens with one attached hydrogen (secondary N) is 1. The molecule has 1 saturated carbocycles. The number of piperidine rings is 1. The number of hydrogen-bond donors (Lipinski definition) is 1. The summed E-state index contributed by atoms with van der Waals surface area (Å²) in [5, 5.41) is 3.72. The van der Waals surface area contributed by atoms with Crippen molar-refractivity contribution >= 4 is 5.69 Å². The summed E-state index contributed by atoms with van der Waals surface area (Å²) in [6.45, 7) is 4.74. The molecular formula is C18H28N2. The normalized spacial score (nSPS) is 22.9. The predicted octanol–water partition coefficient (Wildman–Crippen LogP) is 4.20. The molecule has 1 aliphatic carbocycles. The molecule has 2 nitrogen and oxygen atoms in total. The van der Waals surface area contributed by atoms with Crippen LogP contribution in [0.3, 0.4) is 0 Å². The average Bonchev–Trinajstić information content (AvgIpc) is 2.49. The summed E-state index contributed by atoms with van der Waals surface area (Å²) in [6.07, 6.45) is 9.83. The van der Waals surface area contributed by atoms with Crippen LogP contribution in [0.15, 0.2) is 24.3 Å². The molecule has 2 aliphatic rings. The van der Waals surface area contributed by atoms with Crippen LogP contribution in [-0.4, -0.2) is 30.1 Å². The van der Waals surface area contributed by atoms with Crippen molar-refractivity contribution in [3.8, 4) is 0 Å². The van der Waals surface area contributed by atoms with Crippen molar-refractivity contribution in [2.75, 3.05) is 18.4 Å². The second kappa shape index (κ2) is 6.62. The highest BCUT2D eigenvalue weighted by Crippen LogP contribution is 2.26. The van der Waals surface area contributed by atoms with Crippen molar-refractivity contribution in [1.82, 2.24) is 4.90 Å². The highest BCUT2D eigenvalue weighted by molar-refractivity contribution is 5.46. The Bertz CT molecular complexity index is 415. The van der Waals surface area contributed by atoms with Gasteiger partial charge in [0.2, 0.25) is 0 Å². The van der Waals surface area contributed by atoms with Gasteiger partial charge in [0.1, 0.15) is 0 Å². The van der Waals surface area contributed by atoms with E-state index in [0.717, 1.165) is 6.04 Å². The first-order valence-corrected chi connectivity index (χ1v) is 8.38. The van der Waals surface area contributed by atoms with Crippen LogP contribution in [-0.2, 0) is 0 Å². The molecule has 3 rings (SSSR count). The van der Waals surface area contributed by atoms with E-state index >= 15 is 0 Å². The molecule has 0 radical (unpaired) electrons. The fourth-order valence-electron chi connectivity index (χ4n) is 3.83. The second-order valence-corrected chi connectivity index (χ2v) is 6.62. The molecule has 0 bridgehead atoms. The lowest BCUT2D eigenvalue weighted by molar-refractivity contribution is 0.126. The fraction of sp³-hybridized carbons (Fsp3) is 0.667. The maximum atomic E-state index is 3.72. The van der Waals surface area contributed by atoms with Gasteiger partial charge in [-0.15, -0.1) is 0 Å². The first kappa shape index (κ1) is 13.9. The van der Waals surface area contributed by atoms with Crippen LogP contribution in [0, 0.1) is 6.92 Å². The summed E-state index contributed by atoms with van der Waals surface area (Å²) >= 11 is 0. The number of rotatable bonds is 3. The van der Waals surface area contributed by atoms with Gasteiger partial charge in [-0.2, -0.15) is 0 Å². The molecule has 0 unspecified atom stereocenters. The van der Waals surface area contributed by atoms with Crippen molar-refractivity contribution in [2.45, 2.75) is 64.0 Å². The number of benzene rings is 1. The summed E-state index contributed by atoms with van der Waals surface area (Å²) in [5.74, 6) is 0. The Kier molecular flexibility index (Phi) is 4.62. The monoisotopic (exact) mass is 272 g/mol. The molecule has 1 aromatic rings. The number of nitrogens with zero attached hydrogens (tertiary/aromatic N) is 1. The van der Waals surface area contributed by atoms with Gasteiger partial charge in [-0.3, -0.25) is 0 Å². The molecule has 1 aliphatic heterocycles. The first-order valence-electron chi connectivity index (χ1n) is 8.38. The van der Waals surface area contributed by atoms with Gasteiger partial charge in [0.25, 0.3) is 0 Å². The van der Waals surface area contributed by atoms with Crippen LogP contribution in [0.4, 0.5) is 5.69 Å². The molecule has 0 amide bonds. The summed E-state index contributed by atoms with van der Waals surface area (Å²) in [5.41, 5.74) is 2.63. The van der Waals surface area contributed by atoms with E-state index in [0.29, 0.717) is 6.04 Å². The third-order valence-corrected chi connectivity index (χ3v) is 5.01. The van der Waals surface area contributed by atoms with Crippen molar-refractivity contribution in [3.05, 3.63) is 29.8 Å². The molecule has 110 valence electrons. The number of aryl methyl sites for hydroxylation is 1. The summed E-state index contributed by atoms with van der Waals surface area (Å²) in [4.78, 5) is 2.76. The minimum Gasteiger partial charge on any atom is -0.382 e. The lowest BCUT2D eigenvalue weighted by Crippen LogP contribution is -2.45. The van der Waals surface area contributed by atoms with E-state index in [-0.39, 0.29) is 0 Å². The smallest absolute Gasteiger partial charge is 0.0344 e. The summed E-state index contributed by atoms with van der Waals surface area (Å²) < 4.78 is 0. The zero-order valence-corrected chi connectivity index (χ0v) is 12.8. The van der Waals surface area contributed by atoms with E-state index < -0.39 is 0 Å². The average molecular weight is 272 g/mol. The molecule has 0 aromatic heterocycles. The lowest BCUT2D eigenvalue weighted by Gasteiger charge is -2.39. The SMILES string of the molecule is Cc1cccc(NC2CCN(C3CCCCC3)CC2)c1. The molecule has 1 saturated heterocycles. The summed E-state index contributed by atoms with van der Waals surface area (Å²) in [7, 11) is 0. The molecule has 2 fully saturated rings. The summed E-state index contributed by atoms with van der Waals surface area (Å²) in [6, 6.07) is 10.3. The highest BCUT2D eigenvalue weighted by Gasteiger charge is 2.25. The molecule has 1 aromatic carbocycles. The third-order valence-electron chi connectivity index (χ3n) is 5.01. The van der Waals surface area contributed by atoms with Gasteiger partial charge in [-0.05, 0) is 50.3 Å². The molecule has 2 heteroatoms. The molecule has 1 N–H and O–H groups in total. The third kappa shape index (κ3) is 3.54. The van der Waals surface area contributed by atoms with Crippen molar-refractivity contribution in [3.63, 3.8) is 0 Å². The fourth-order valence-corrected chi connectivity index (χ4v) is 3.83. The van der Waals surface area contributed by atoms with Gasteiger partial charge in [-0.1, -0.05) is 31.4 Å². The molecular weight excluding hydrogens is 244 g/mol.